The first-order valence-corrected chi connectivity index (χ1v) is 15.6. The van der Waals surface area contributed by atoms with Gasteiger partial charge >= 0.3 is 28.3 Å². The van der Waals surface area contributed by atoms with Gasteiger partial charge in [-0.05, 0) is 57.9 Å². The molecule has 9 heteroatoms. The van der Waals surface area contributed by atoms with Gasteiger partial charge in [0.05, 0.1) is 11.3 Å². The predicted molar refractivity (Wildman–Crippen MR) is 168 cm³/mol. The van der Waals surface area contributed by atoms with Crippen molar-refractivity contribution >= 4 is 5.91 Å². The maximum absolute atomic E-state index is 13.6. The standard InChI is InChI=1S/C37H34F3N2O2.O.Os/c1-5-41-35(43)28-12-10-24(11-13-28)22-31(26-18-20-29(21-19-26)36(2,3)4)33-23-34(44-42-33)27-16-14-25(15-17-27)30-8-6-7-9-32(30)37(38,39)40;;/h6-21,23,31H,1,5,22H2,2-4H3,(H,41,43);;/q-1;;. The zero-order valence-electron chi connectivity index (χ0n) is 25.7. The van der Waals surface area contributed by atoms with Gasteiger partial charge in [-0.25, -0.2) is 0 Å². The Hall–Kier alpha value is -4.21. The number of nitrogens with zero attached hydrogens (tertiary/aromatic N) is 1. The Balaban J connectivity index is 0.00000235. The summed E-state index contributed by atoms with van der Waals surface area (Å²) in [6, 6.07) is 30.2. The summed E-state index contributed by atoms with van der Waals surface area (Å²) >= 11 is 0.611. The predicted octanol–water partition coefficient (Wildman–Crippen LogP) is 9.14. The van der Waals surface area contributed by atoms with Crippen molar-refractivity contribution in [2.45, 2.75) is 44.7 Å². The normalized spacial score (nSPS) is 12.2. The molecule has 0 fully saturated rings. The molecule has 0 radical (unpaired) electrons. The molecule has 46 heavy (non-hydrogen) atoms. The molecule has 1 N–H and O–H groups in total. The number of alkyl halides is 3. The number of nitrogens with one attached hydrogen (secondary N) is 1. The number of carbonyl (C=O) groups excluding carboxylic acids is 1. The first kappa shape index (κ1) is 34.7. The van der Waals surface area contributed by atoms with Crippen molar-refractivity contribution in [3.05, 3.63) is 144 Å². The maximum atomic E-state index is 13.6. The summed E-state index contributed by atoms with van der Waals surface area (Å²) in [7, 11) is 0. The SMILES string of the molecule is [CH2-]CNC(=O)c1ccc(CC(c2ccc(C(C)(C)C)cc2)c2cc(-c3ccc(-c4ccccc4C(F)(F)F)cc3)on2)cc1.[O]=[Os]. The van der Waals surface area contributed by atoms with E-state index in [1.807, 2.05) is 18.2 Å². The molecule has 1 unspecified atom stereocenters. The van der Waals surface area contributed by atoms with Gasteiger partial charge in [0.25, 0.3) is 0 Å². The van der Waals surface area contributed by atoms with Crippen LogP contribution in [0.25, 0.3) is 22.5 Å². The van der Waals surface area contributed by atoms with E-state index in [0.717, 1.165) is 22.9 Å². The van der Waals surface area contributed by atoms with Crippen molar-refractivity contribution in [3.8, 4) is 22.5 Å². The first-order chi connectivity index (χ1) is 21.9. The molecular formula is C37H34F3N2O3Os-. The molecule has 0 aliphatic carbocycles. The number of benzene rings is 4. The molecule has 0 spiro atoms. The molecule has 0 aliphatic rings. The summed E-state index contributed by atoms with van der Waals surface area (Å²) in [6.07, 6.45) is -3.83. The zero-order chi connectivity index (χ0) is 33.5. The number of hydrogen-bond donors (Lipinski definition) is 1. The molecule has 5 rings (SSSR count). The molecule has 4 aromatic carbocycles. The third-order valence-corrected chi connectivity index (χ3v) is 7.72. The minimum atomic E-state index is -4.45. The van der Waals surface area contributed by atoms with Crippen molar-refractivity contribution in [1.82, 2.24) is 10.5 Å². The molecule has 5 nitrogen and oxygen atoms in total. The molecular weight excluding hydrogens is 768 g/mol. The van der Waals surface area contributed by atoms with Crippen molar-refractivity contribution < 1.29 is 44.6 Å². The summed E-state index contributed by atoms with van der Waals surface area (Å²) < 4.78 is 54.8. The van der Waals surface area contributed by atoms with E-state index in [9.17, 15) is 18.0 Å². The minimum absolute atomic E-state index is 0.00623. The second-order valence-corrected chi connectivity index (χ2v) is 11.8. The van der Waals surface area contributed by atoms with Crippen molar-refractivity contribution in [3.63, 3.8) is 0 Å². The van der Waals surface area contributed by atoms with Gasteiger partial charge in [0, 0.05) is 23.1 Å². The third kappa shape index (κ3) is 8.33. The van der Waals surface area contributed by atoms with Crippen LogP contribution in [-0.2, 0) is 40.1 Å². The van der Waals surface area contributed by atoms with E-state index >= 15 is 0 Å². The van der Waals surface area contributed by atoms with E-state index in [1.165, 1.54) is 17.7 Å². The Kier molecular flexibility index (Phi) is 11.2. The average molecular weight is 802 g/mol. The van der Waals surface area contributed by atoms with E-state index in [4.69, 9.17) is 8.06 Å². The Bertz CT molecular complexity index is 1740. The van der Waals surface area contributed by atoms with Crippen LogP contribution in [0.4, 0.5) is 13.2 Å². The van der Waals surface area contributed by atoms with Gasteiger partial charge in [-0.2, -0.15) is 13.2 Å². The number of hydrogen-bond acceptors (Lipinski definition) is 4. The molecule has 0 bridgehead atoms. The van der Waals surface area contributed by atoms with Crippen LogP contribution in [-0.4, -0.2) is 17.6 Å². The van der Waals surface area contributed by atoms with Gasteiger partial charge in [0.1, 0.15) is 0 Å². The fraction of sp³-hybridized carbons (Fsp3) is 0.216. The Labute approximate surface area is 277 Å². The number of aromatic nitrogens is 1. The Morgan fingerprint density at radius 2 is 1.48 bits per heavy atom. The van der Waals surface area contributed by atoms with E-state index in [0.29, 0.717) is 54.0 Å². The van der Waals surface area contributed by atoms with Crippen molar-refractivity contribution in [2.75, 3.05) is 6.54 Å². The second kappa shape index (κ2) is 14.9. The van der Waals surface area contributed by atoms with Gasteiger partial charge < -0.3 is 16.8 Å². The zero-order valence-corrected chi connectivity index (χ0v) is 28.2. The third-order valence-electron chi connectivity index (χ3n) is 7.72. The van der Waals surface area contributed by atoms with Crippen molar-refractivity contribution in [1.29, 1.82) is 0 Å². The summed E-state index contributed by atoms with van der Waals surface area (Å²) in [5.74, 6) is 0.209. The van der Waals surface area contributed by atoms with Crippen LogP contribution in [0.2, 0.25) is 0 Å². The van der Waals surface area contributed by atoms with Gasteiger partial charge in [0.15, 0.2) is 5.76 Å². The first-order valence-electron chi connectivity index (χ1n) is 14.6. The quantitative estimate of drug-likeness (QED) is 0.159. The number of halogens is 3. The Morgan fingerprint density at radius 3 is 2.07 bits per heavy atom. The summed E-state index contributed by atoms with van der Waals surface area (Å²) in [6.45, 7) is 10.5. The van der Waals surface area contributed by atoms with Crippen LogP contribution in [0.15, 0.2) is 108 Å². The van der Waals surface area contributed by atoms with E-state index in [2.05, 4.69) is 62.4 Å². The van der Waals surface area contributed by atoms with Crippen LogP contribution in [0.3, 0.4) is 0 Å². The van der Waals surface area contributed by atoms with E-state index < -0.39 is 11.7 Å². The van der Waals surface area contributed by atoms with E-state index in [1.54, 1.807) is 42.5 Å². The fourth-order valence-corrected chi connectivity index (χ4v) is 5.24. The average Bonchev–Trinajstić information content (AvgIpc) is 3.54. The molecule has 0 saturated carbocycles. The molecule has 1 atom stereocenters. The Morgan fingerprint density at radius 1 is 0.870 bits per heavy atom. The molecule has 5 aromatic rings. The van der Waals surface area contributed by atoms with Gasteiger partial charge in [-0.15, -0.1) is 6.54 Å². The second-order valence-electron chi connectivity index (χ2n) is 11.8. The summed E-state index contributed by atoms with van der Waals surface area (Å²) in [4.78, 5) is 12.2. The number of rotatable bonds is 8. The van der Waals surface area contributed by atoms with Crippen LogP contribution >= 0.6 is 0 Å². The fourth-order valence-electron chi connectivity index (χ4n) is 5.24. The van der Waals surface area contributed by atoms with Gasteiger partial charge in [0.2, 0.25) is 5.91 Å². The molecule has 0 saturated heterocycles. The molecule has 1 heterocycles. The summed E-state index contributed by atoms with van der Waals surface area (Å²) in [5, 5.41) is 7.15. The monoisotopic (exact) mass is 803 g/mol. The van der Waals surface area contributed by atoms with Gasteiger partial charge in [-0.1, -0.05) is 105 Å². The summed E-state index contributed by atoms with van der Waals surface area (Å²) in [5.41, 5.74) is 5.23. The molecule has 1 amide bonds. The van der Waals surface area contributed by atoms with Crippen LogP contribution < -0.4 is 5.32 Å². The molecule has 1 aromatic heterocycles. The van der Waals surface area contributed by atoms with Crippen LogP contribution in [0.1, 0.15) is 65.0 Å². The van der Waals surface area contributed by atoms with Crippen LogP contribution in [0, 0.1) is 6.92 Å². The van der Waals surface area contributed by atoms with Gasteiger partial charge in [-0.3, -0.25) is 4.79 Å². The topological polar surface area (TPSA) is 72.2 Å². The van der Waals surface area contributed by atoms with E-state index in [-0.39, 0.29) is 22.8 Å². The number of carbonyl (C=O) groups is 1. The molecule has 240 valence electrons. The molecule has 0 aliphatic heterocycles. The van der Waals surface area contributed by atoms with Crippen LogP contribution in [0.5, 0.6) is 0 Å². The van der Waals surface area contributed by atoms with Crippen molar-refractivity contribution in [2.24, 2.45) is 0 Å². The number of amides is 1.